The van der Waals surface area contributed by atoms with Crippen LogP contribution in [-0.2, 0) is 6.18 Å². The molecule has 29 heavy (non-hydrogen) atoms. The Labute approximate surface area is 176 Å². The first-order valence-corrected chi connectivity index (χ1v) is 9.48. The molecular formula is C18H11F3N2O3S3. The molecule has 0 radical (unpaired) electrons. The second kappa shape index (κ2) is 7.93. The number of aromatic amines is 1. The van der Waals surface area contributed by atoms with E-state index >= 15 is 0 Å². The Kier molecular flexibility index (Phi) is 5.73. The zero-order valence-corrected chi connectivity index (χ0v) is 16.7. The number of aromatic carboxylic acids is 1. The van der Waals surface area contributed by atoms with Gasteiger partial charge in [0.1, 0.15) is 9.87 Å². The molecule has 0 aliphatic carbocycles. The maximum Gasteiger partial charge on any atom is 0.416 e. The van der Waals surface area contributed by atoms with Gasteiger partial charge in [0, 0.05) is 11.4 Å². The Balaban J connectivity index is 2.16. The van der Waals surface area contributed by atoms with E-state index in [4.69, 9.17) is 29.5 Å². The van der Waals surface area contributed by atoms with Crippen molar-refractivity contribution in [2.45, 2.75) is 6.18 Å². The van der Waals surface area contributed by atoms with Crippen LogP contribution in [0.15, 0.2) is 48.5 Å². The van der Waals surface area contributed by atoms with Crippen molar-refractivity contribution in [1.29, 1.82) is 0 Å². The van der Waals surface area contributed by atoms with E-state index in [0.717, 1.165) is 23.5 Å². The number of halogens is 3. The smallest absolute Gasteiger partial charge is 0.416 e. The Bertz CT molecular complexity index is 1140. The van der Waals surface area contributed by atoms with Gasteiger partial charge in [0.2, 0.25) is 5.88 Å². The highest BCUT2D eigenvalue weighted by atomic mass is 32.1. The van der Waals surface area contributed by atoms with Crippen LogP contribution in [-0.4, -0.2) is 26.2 Å². The number of hydrogen-bond donors (Lipinski definition) is 3. The quantitative estimate of drug-likeness (QED) is 0.435. The molecule has 0 fully saturated rings. The second-order valence-corrected chi connectivity index (χ2v) is 7.81. The van der Waals surface area contributed by atoms with Crippen molar-refractivity contribution < 1.29 is 28.2 Å². The minimum absolute atomic E-state index is 0.00208. The van der Waals surface area contributed by atoms with E-state index < -0.39 is 17.7 Å². The maximum atomic E-state index is 13.2. The number of carbonyl (C=O) groups is 1. The summed E-state index contributed by atoms with van der Waals surface area (Å²) in [7, 11) is 0. The third-order valence-corrected chi connectivity index (χ3v) is 5.58. The van der Waals surface area contributed by atoms with E-state index in [-0.39, 0.29) is 31.0 Å². The number of alkyl halides is 3. The maximum absolute atomic E-state index is 13.2. The van der Waals surface area contributed by atoms with Gasteiger partial charge in [-0.25, -0.2) is 4.79 Å². The first kappa shape index (κ1) is 21.0. The Hall–Kier alpha value is -2.76. The molecule has 0 saturated carbocycles. The van der Waals surface area contributed by atoms with Crippen LogP contribution in [0.4, 0.5) is 24.5 Å². The number of carboxylic acids is 1. The Morgan fingerprint density at radius 1 is 1.10 bits per heavy atom. The predicted octanol–water partition coefficient (Wildman–Crippen LogP) is 5.74. The number of carboxylic acid groups (broad SMARTS) is 1. The summed E-state index contributed by atoms with van der Waals surface area (Å²) >= 11 is 11.4. The van der Waals surface area contributed by atoms with Crippen LogP contribution in [0.25, 0.3) is 0 Å². The number of benzene rings is 2. The van der Waals surface area contributed by atoms with Crippen molar-refractivity contribution >= 4 is 58.1 Å². The molecular weight excluding hydrogens is 445 g/mol. The van der Waals surface area contributed by atoms with Crippen LogP contribution in [0.3, 0.4) is 0 Å². The van der Waals surface area contributed by atoms with Crippen molar-refractivity contribution in [3.63, 3.8) is 0 Å². The van der Waals surface area contributed by atoms with Crippen molar-refractivity contribution in [3.05, 3.63) is 68.5 Å². The van der Waals surface area contributed by atoms with Gasteiger partial charge in [-0.05, 0) is 54.7 Å². The SMILES string of the molecule is O=C(O)c1ccc(N(C(=S)c2sc(=S)[nH]c2O)c2cccc(C(F)(F)F)c2)cc1. The van der Waals surface area contributed by atoms with E-state index in [9.17, 15) is 23.1 Å². The average Bonchev–Trinajstić information content (AvgIpc) is 3.00. The third-order valence-electron chi connectivity index (χ3n) is 3.83. The first-order chi connectivity index (χ1) is 13.6. The summed E-state index contributed by atoms with van der Waals surface area (Å²) in [6.07, 6.45) is -4.57. The predicted molar refractivity (Wildman–Crippen MR) is 110 cm³/mol. The van der Waals surface area contributed by atoms with Crippen LogP contribution in [0, 0.1) is 3.95 Å². The number of hydrogen-bond acceptors (Lipinski definition) is 5. The lowest BCUT2D eigenvalue weighted by molar-refractivity contribution is -0.137. The fourth-order valence-electron chi connectivity index (χ4n) is 2.52. The normalized spacial score (nSPS) is 11.3. The van der Waals surface area contributed by atoms with Gasteiger partial charge in [-0.2, -0.15) is 13.2 Å². The molecule has 0 atom stereocenters. The minimum atomic E-state index is -4.57. The van der Waals surface area contributed by atoms with Gasteiger partial charge < -0.3 is 15.2 Å². The number of thiocarbonyl (C=S) groups is 1. The van der Waals surface area contributed by atoms with Crippen molar-refractivity contribution in [3.8, 4) is 5.88 Å². The van der Waals surface area contributed by atoms with Gasteiger partial charge in [-0.3, -0.25) is 4.90 Å². The van der Waals surface area contributed by atoms with Crippen LogP contribution < -0.4 is 4.90 Å². The molecule has 3 rings (SSSR count). The standard InChI is InChI=1S/C18H11F3N2O3S3/c19-18(20,21)10-2-1-3-12(8-10)23(11-6-4-9(5-7-11)16(25)26)15(27)13-14(24)22-17(28)29-13/h1-8,24H,(H,22,28)(H,25,26). The average molecular weight is 456 g/mol. The number of thiazole rings is 1. The largest absolute Gasteiger partial charge is 0.493 e. The number of rotatable bonds is 4. The Morgan fingerprint density at radius 3 is 2.28 bits per heavy atom. The molecule has 2 aromatic carbocycles. The Morgan fingerprint density at radius 2 is 1.76 bits per heavy atom. The van der Waals surface area contributed by atoms with Gasteiger partial charge in [0.25, 0.3) is 0 Å². The van der Waals surface area contributed by atoms with Crippen LogP contribution >= 0.6 is 35.8 Å². The molecule has 0 amide bonds. The summed E-state index contributed by atoms with van der Waals surface area (Å²) < 4.78 is 39.8. The van der Waals surface area contributed by atoms with E-state index in [0.29, 0.717) is 5.69 Å². The molecule has 0 spiro atoms. The van der Waals surface area contributed by atoms with Crippen LogP contribution in [0.2, 0.25) is 0 Å². The fourth-order valence-corrected chi connectivity index (χ4v) is 3.96. The lowest BCUT2D eigenvalue weighted by Gasteiger charge is -2.26. The zero-order chi connectivity index (χ0) is 21.3. The highest BCUT2D eigenvalue weighted by Gasteiger charge is 2.31. The van der Waals surface area contributed by atoms with E-state index in [1.807, 2.05) is 0 Å². The lowest BCUT2D eigenvalue weighted by Crippen LogP contribution is -2.25. The van der Waals surface area contributed by atoms with Crippen LogP contribution in [0.5, 0.6) is 5.88 Å². The number of aromatic hydroxyl groups is 1. The molecule has 5 nitrogen and oxygen atoms in total. The molecule has 0 aliphatic heterocycles. The summed E-state index contributed by atoms with van der Waals surface area (Å²) in [5.74, 6) is -1.45. The van der Waals surface area contributed by atoms with Crippen molar-refractivity contribution in [2.24, 2.45) is 0 Å². The molecule has 0 bridgehead atoms. The summed E-state index contributed by atoms with van der Waals surface area (Å²) in [6, 6.07) is 9.95. The number of nitrogens with zero attached hydrogens (tertiary/aromatic N) is 1. The highest BCUT2D eigenvalue weighted by molar-refractivity contribution is 7.81. The molecule has 11 heteroatoms. The number of anilines is 2. The molecule has 0 unspecified atom stereocenters. The number of nitrogens with one attached hydrogen (secondary N) is 1. The van der Waals surface area contributed by atoms with Crippen molar-refractivity contribution in [2.75, 3.05) is 4.90 Å². The van der Waals surface area contributed by atoms with Gasteiger partial charge in [-0.1, -0.05) is 29.6 Å². The summed E-state index contributed by atoms with van der Waals surface area (Å²) in [6.45, 7) is 0. The fraction of sp³-hybridized carbons (Fsp3) is 0.0556. The molecule has 0 saturated heterocycles. The van der Waals surface area contributed by atoms with Gasteiger partial charge in [0.15, 0.2) is 3.95 Å². The zero-order valence-electron chi connectivity index (χ0n) is 14.2. The number of H-pyrrole nitrogens is 1. The summed E-state index contributed by atoms with van der Waals surface area (Å²) in [5, 5.41) is 19.1. The third kappa shape index (κ3) is 4.47. The first-order valence-electron chi connectivity index (χ1n) is 7.85. The van der Waals surface area contributed by atoms with Gasteiger partial charge >= 0.3 is 12.1 Å². The van der Waals surface area contributed by atoms with Gasteiger partial charge in [-0.15, -0.1) is 0 Å². The molecule has 1 aromatic heterocycles. The summed E-state index contributed by atoms with van der Waals surface area (Å²) in [5.41, 5.74) is -0.468. The molecule has 0 aliphatic rings. The monoisotopic (exact) mass is 456 g/mol. The lowest BCUT2D eigenvalue weighted by atomic mass is 10.1. The topological polar surface area (TPSA) is 76.6 Å². The van der Waals surface area contributed by atoms with Gasteiger partial charge in [0.05, 0.1) is 11.1 Å². The molecule has 3 aromatic rings. The molecule has 150 valence electrons. The summed E-state index contributed by atoms with van der Waals surface area (Å²) in [4.78, 5) is 15.1. The minimum Gasteiger partial charge on any atom is -0.493 e. The van der Waals surface area contributed by atoms with E-state index in [1.165, 1.54) is 41.3 Å². The van der Waals surface area contributed by atoms with Crippen LogP contribution in [0.1, 0.15) is 20.8 Å². The molecule has 1 heterocycles. The second-order valence-electron chi connectivity index (χ2n) is 5.73. The van der Waals surface area contributed by atoms with E-state index in [1.54, 1.807) is 0 Å². The number of aromatic nitrogens is 1. The highest BCUT2D eigenvalue weighted by Crippen LogP contribution is 2.36. The van der Waals surface area contributed by atoms with Crippen molar-refractivity contribution in [1.82, 2.24) is 4.98 Å². The van der Waals surface area contributed by atoms with E-state index in [2.05, 4.69) is 4.98 Å². The molecule has 3 N–H and O–H groups in total.